The minimum atomic E-state index is 0.0625. The molecule has 3 nitrogen and oxygen atoms in total. The average Bonchev–Trinajstić information content (AvgIpc) is 1.90. The number of nitrogens with one attached hydrogen (secondary N) is 1. The summed E-state index contributed by atoms with van der Waals surface area (Å²) in [5.41, 5.74) is 0.0625. The van der Waals surface area contributed by atoms with Gasteiger partial charge in [-0.3, -0.25) is 0 Å². The van der Waals surface area contributed by atoms with E-state index < -0.39 is 0 Å². The summed E-state index contributed by atoms with van der Waals surface area (Å²) in [7, 11) is 0. The highest BCUT2D eigenvalue weighted by Gasteiger charge is 1.99. The molecule has 1 radical (unpaired) electrons. The highest BCUT2D eigenvalue weighted by molar-refractivity contribution is 8.01. The van der Waals surface area contributed by atoms with Crippen molar-refractivity contribution in [1.82, 2.24) is 5.32 Å². The van der Waals surface area contributed by atoms with Gasteiger partial charge >= 0.3 is 0 Å². The molecule has 0 aromatic carbocycles. The third kappa shape index (κ3) is 1.23. The number of thioether (sulfide) groups is 1. The summed E-state index contributed by atoms with van der Waals surface area (Å²) in [6, 6.07) is 0. The van der Waals surface area contributed by atoms with E-state index >= 15 is 0 Å². The van der Waals surface area contributed by atoms with Gasteiger partial charge in [0.25, 0.3) is 0 Å². The molecule has 1 N–H and O–H groups in total. The van der Waals surface area contributed by atoms with Crippen molar-refractivity contribution >= 4 is 24.4 Å². The van der Waals surface area contributed by atoms with E-state index in [1.54, 1.807) is 6.34 Å². The first-order valence-corrected chi connectivity index (χ1v) is 3.18. The lowest BCUT2D eigenvalue weighted by Crippen LogP contribution is -2.24. The van der Waals surface area contributed by atoms with Crippen LogP contribution in [0.1, 0.15) is 0 Å². The summed E-state index contributed by atoms with van der Waals surface area (Å²) in [5.74, 6) is 0. The van der Waals surface area contributed by atoms with Crippen LogP contribution < -0.4 is 5.32 Å². The lowest BCUT2D eigenvalue weighted by molar-refractivity contribution is 0.869. The minimum absolute atomic E-state index is 0.0625. The van der Waals surface area contributed by atoms with Crippen molar-refractivity contribution in [2.45, 2.75) is 5.50 Å². The van der Waals surface area contributed by atoms with Gasteiger partial charge in [0.1, 0.15) is 6.34 Å². The predicted octanol–water partition coefficient (Wildman–Crippen LogP) is 0.455. The molecular weight excluding hydrogens is 122 g/mol. The van der Waals surface area contributed by atoms with Crippen LogP contribution in [0.15, 0.2) is 9.98 Å². The van der Waals surface area contributed by atoms with Gasteiger partial charge in [-0.05, 0) is 0 Å². The molecule has 4 heteroatoms. The lowest BCUT2D eigenvalue weighted by Gasteiger charge is -2.09. The van der Waals surface area contributed by atoms with Crippen molar-refractivity contribution < 1.29 is 0 Å². The fourth-order valence-corrected chi connectivity index (χ4v) is 0.671. The molecule has 0 fully saturated rings. The van der Waals surface area contributed by atoms with Crippen molar-refractivity contribution in [3.8, 4) is 0 Å². The molecule has 1 unspecified atom stereocenters. The smallest absolute Gasteiger partial charge is 0.169 e. The van der Waals surface area contributed by atoms with Gasteiger partial charge in [-0.2, -0.15) is 0 Å². The van der Waals surface area contributed by atoms with Crippen LogP contribution in [0.5, 0.6) is 0 Å². The molecule has 0 aliphatic carbocycles. The third-order valence-corrected chi connectivity index (χ3v) is 1.29. The lowest BCUT2D eigenvalue weighted by atomic mass is 10.9. The molecular formula is C4H6N3S. The Balaban J connectivity index is 2.40. The van der Waals surface area contributed by atoms with Gasteiger partial charge in [-0.25, -0.2) is 9.98 Å². The Kier molecular flexibility index (Phi) is 1.91. The summed E-state index contributed by atoms with van der Waals surface area (Å²) < 4.78 is 0. The van der Waals surface area contributed by atoms with Crippen LogP contribution in [-0.2, 0) is 0 Å². The number of aliphatic imine (C=N–C) groups is 2. The van der Waals surface area contributed by atoms with Crippen molar-refractivity contribution in [3.05, 3.63) is 6.26 Å². The fraction of sp³-hybridized carbons (Fsp3) is 0.250. The van der Waals surface area contributed by atoms with E-state index in [0.29, 0.717) is 0 Å². The first kappa shape index (κ1) is 5.62. The van der Waals surface area contributed by atoms with E-state index in [4.69, 9.17) is 0 Å². The van der Waals surface area contributed by atoms with E-state index in [-0.39, 0.29) is 5.50 Å². The number of hydrogen-bond acceptors (Lipinski definition) is 4. The maximum Gasteiger partial charge on any atom is 0.169 e. The topological polar surface area (TPSA) is 36.8 Å². The van der Waals surface area contributed by atoms with Gasteiger partial charge in [-0.1, -0.05) is 0 Å². The van der Waals surface area contributed by atoms with Gasteiger partial charge in [0.2, 0.25) is 0 Å². The largest absolute Gasteiger partial charge is 0.346 e. The zero-order valence-electron chi connectivity index (χ0n) is 4.24. The molecule has 0 spiro atoms. The molecule has 0 amide bonds. The quantitative estimate of drug-likeness (QED) is 0.556. The second-order valence-corrected chi connectivity index (χ2v) is 2.01. The number of nitrogens with zero attached hydrogens (tertiary/aromatic N) is 2. The fourth-order valence-electron chi connectivity index (χ4n) is 0.373. The molecule has 1 aliphatic heterocycles. The Morgan fingerprint density at radius 3 is 3.00 bits per heavy atom. The summed E-state index contributed by atoms with van der Waals surface area (Å²) in [5, 5.41) is 2.88. The van der Waals surface area contributed by atoms with E-state index in [0.717, 1.165) is 0 Å². The second-order valence-electron chi connectivity index (χ2n) is 1.23. The zero-order valence-corrected chi connectivity index (χ0v) is 5.06. The minimum Gasteiger partial charge on any atom is -0.346 e. The Hall–Kier alpha value is -0.510. The normalized spacial score (nSPS) is 25.4. The number of rotatable bonds is 1. The Bertz CT molecular complexity index is 120. The Labute approximate surface area is 52.3 Å². The van der Waals surface area contributed by atoms with Crippen LogP contribution in [0.3, 0.4) is 0 Å². The van der Waals surface area contributed by atoms with Crippen molar-refractivity contribution in [2.75, 3.05) is 0 Å². The number of hydrogen-bond donors (Lipinski definition) is 1. The Morgan fingerprint density at radius 2 is 2.62 bits per heavy atom. The van der Waals surface area contributed by atoms with E-state index in [1.165, 1.54) is 18.1 Å². The zero-order chi connectivity index (χ0) is 5.82. The maximum atomic E-state index is 3.91. The van der Waals surface area contributed by atoms with Gasteiger partial charge in [0, 0.05) is 6.26 Å². The SMILES string of the molecule is [CH2]SC1N=CN=CN1. The molecule has 0 aromatic rings. The van der Waals surface area contributed by atoms with Gasteiger partial charge in [0.05, 0.1) is 6.34 Å². The molecule has 0 bridgehead atoms. The van der Waals surface area contributed by atoms with Crippen molar-refractivity contribution in [1.29, 1.82) is 0 Å². The van der Waals surface area contributed by atoms with Crippen molar-refractivity contribution in [2.24, 2.45) is 9.98 Å². The van der Waals surface area contributed by atoms with E-state index in [1.807, 2.05) is 0 Å². The highest BCUT2D eigenvalue weighted by atomic mass is 32.2. The van der Waals surface area contributed by atoms with Crippen molar-refractivity contribution in [3.63, 3.8) is 0 Å². The molecule has 43 valence electrons. The molecule has 1 aliphatic rings. The van der Waals surface area contributed by atoms with Crippen LogP contribution >= 0.6 is 11.8 Å². The van der Waals surface area contributed by atoms with Crippen LogP contribution in [0.4, 0.5) is 0 Å². The third-order valence-electron chi connectivity index (χ3n) is 0.718. The highest BCUT2D eigenvalue weighted by Crippen LogP contribution is 2.05. The van der Waals surface area contributed by atoms with Gasteiger partial charge in [0.15, 0.2) is 5.50 Å². The summed E-state index contributed by atoms with van der Waals surface area (Å²) >= 11 is 1.40. The van der Waals surface area contributed by atoms with E-state index in [2.05, 4.69) is 21.6 Å². The van der Waals surface area contributed by atoms with Crippen LogP contribution in [0.25, 0.3) is 0 Å². The summed E-state index contributed by atoms with van der Waals surface area (Å²) in [6.45, 7) is 0. The molecule has 8 heavy (non-hydrogen) atoms. The molecule has 1 rings (SSSR count). The monoisotopic (exact) mass is 128 g/mol. The summed E-state index contributed by atoms with van der Waals surface area (Å²) in [6.07, 6.45) is 6.71. The first-order valence-electron chi connectivity index (χ1n) is 2.13. The predicted molar refractivity (Wildman–Crippen MR) is 36.9 cm³/mol. The molecule has 0 saturated heterocycles. The van der Waals surface area contributed by atoms with Gasteiger partial charge < -0.3 is 5.32 Å². The van der Waals surface area contributed by atoms with Crippen LogP contribution in [0.2, 0.25) is 0 Å². The summed E-state index contributed by atoms with van der Waals surface area (Å²) in [4.78, 5) is 7.62. The molecule has 1 heterocycles. The van der Waals surface area contributed by atoms with Crippen LogP contribution in [-0.4, -0.2) is 18.2 Å². The Morgan fingerprint density at radius 1 is 1.75 bits per heavy atom. The standard InChI is InChI=1S/C4H6N3S/c1-8-4-6-2-5-3-7-4/h2-4H,1H2,(H,5,6,7). The first-order chi connectivity index (χ1) is 3.93. The molecule has 0 aromatic heterocycles. The van der Waals surface area contributed by atoms with Crippen LogP contribution in [0, 0.1) is 6.26 Å². The molecule has 1 atom stereocenters. The molecule has 0 saturated carbocycles. The van der Waals surface area contributed by atoms with E-state index in [9.17, 15) is 0 Å². The average molecular weight is 128 g/mol. The van der Waals surface area contributed by atoms with Gasteiger partial charge in [-0.15, -0.1) is 11.8 Å². The second kappa shape index (κ2) is 2.71. The maximum absolute atomic E-state index is 3.91.